The first-order valence-electron chi connectivity index (χ1n) is 8.44. The summed E-state index contributed by atoms with van der Waals surface area (Å²) in [5.41, 5.74) is 5.71. The molecule has 1 amide bonds. The number of amides is 1. The van der Waals surface area contributed by atoms with E-state index < -0.39 is 0 Å². The Morgan fingerprint density at radius 1 is 1.24 bits per heavy atom. The minimum Gasteiger partial charge on any atom is -0.395 e. The Labute approximate surface area is 128 Å². The van der Waals surface area contributed by atoms with Gasteiger partial charge < -0.3 is 15.7 Å². The van der Waals surface area contributed by atoms with E-state index in [4.69, 9.17) is 10.8 Å². The van der Waals surface area contributed by atoms with Crippen LogP contribution in [-0.2, 0) is 4.79 Å². The number of hydrogen-bond donors (Lipinski definition) is 2. The largest absolute Gasteiger partial charge is 0.395 e. The van der Waals surface area contributed by atoms with Gasteiger partial charge >= 0.3 is 0 Å². The first-order chi connectivity index (χ1) is 10.1. The molecule has 1 saturated carbocycles. The maximum atomic E-state index is 13.0. The van der Waals surface area contributed by atoms with E-state index in [2.05, 4.69) is 11.8 Å². The highest BCUT2D eigenvalue weighted by atomic mass is 16.3. The Kier molecular flexibility index (Phi) is 6.02. The predicted octanol–water partition coefficient (Wildman–Crippen LogP) is 0.668. The molecule has 5 nitrogen and oxygen atoms in total. The molecule has 3 N–H and O–H groups in total. The number of nitrogens with two attached hydrogens (primary N) is 1. The molecule has 0 atom stereocenters. The fourth-order valence-electron chi connectivity index (χ4n) is 3.69. The Balaban J connectivity index is 1.97. The Hall–Kier alpha value is -0.650. The van der Waals surface area contributed by atoms with Crippen LogP contribution < -0.4 is 5.73 Å². The van der Waals surface area contributed by atoms with Crippen LogP contribution in [0.15, 0.2) is 0 Å². The summed E-state index contributed by atoms with van der Waals surface area (Å²) < 4.78 is 0. The zero-order chi connectivity index (χ0) is 15.3. The van der Waals surface area contributed by atoms with Crippen molar-refractivity contribution in [1.82, 2.24) is 9.80 Å². The van der Waals surface area contributed by atoms with Gasteiger partial charge in [-0.05, 0) is 44.6 Å². The van der Waals surface area contributed by atoms with E-state index in [1.54, 1.807) is 0 Å². The molecule has 1 aliphatic carbocycles. The summed E-state index contributed by atoms with van der Waals surface area (Å²) in [4.78, 5) is 17.3. The van der Waals surface area contributed by atoms with Gasteiger partial charge in [-0.1, -0.05) is 6.92 Å². The lowest BCUT2D eigenvalue weighted by atomic mass is 9.70. The highest BCUT2D eigenvalue weighted by Gasteiger charge is 2.42. The normalized spacial score (nSPS) is 32.0. The summed E-state index contributed by atoms with van der Waals surface area (Å²) in [6.45, 7) is 7.09. The molecular formula is C16H31N3O2. The molecule has 21 heavy (non-hydrogen) atoms. The Bertz CT molecular complexity index is 340. The standard InChI is InChI=1S/C16H31N3O2/c1-14-3-5-16(13-17,6-4-14)15(21)19-8-2-7-18(9-10-19)11-12-20/h14,20H,2-13,17H2,1H3. The summed E-state index contributed by atoms with van der Waals surface area (Å²) in [7, 11) is 0. The molecule has 0 aromatic carbocycles. The molecule has 0 radical (unpaired) electrons. The molecule has 0 spiro atoms. The predicted molar refractivity (Wildman–Crippen MR) is 83.8 cm³/mol. The second-order valence-corrected chi connectivity index (χ2v) is 6.88. The van der Waals surface area contributed by atoms with Crippen molar-refractivity contribution < 1.29 is 9.90 Å². The maximum Gasteiger partial charge on any atom is 0.230 e. The van der Waals surface area contributed by atoms with Gasteiger partial charge in [0.15, 0.2) is 0 Å². The van der Waals surface area contributed by atoms with Gasteiger partial charge in [-0.3, -0.25) is 9.69 Å². The van der Waals surface area contributed by atoms with Gasteiger partial charge in [-0.15, -0.1) is 0 Å². The second-order valence-electron chi connectivity index (χ2n) is 6.88. The summed E-state index contributed by atoms with van der Waals surface area (Å²) in [6.07, 6.45) is 5.12. The van der Waals surface area contributed by atoms with Gasteiger partial charge in [-0.2, -0.15) is 0 Å². The van der Waals surface area contributed by atoms with E-state index in [0.717, 1.165) is 64.2 Å². The first-order valence-corrected chi connectivity index (χ1v) is 8.44. The van der Waals surface area contributed by atoms with Crippen molar-refractivity contribution in [2.45, 2.75) is 39.0 Å². The van der Waals surface area contributed by atoms with E-state index in [9.17, 15) is 4.79 Å². The molecule has 2 rings (SSSR count). The van der Waals surface area contributed by atoms with Gasteiger partial charge in [-0.25, -0.2) is 0 Å². The van der Waals surface area contributed by atoms with Gasteiger partial charge in [0, 0.05) is 32.7 Å². The summed E-state index contributed by atoms with van der Waals surface area (Å²) in [6, 6.07) is 0. The molecule has 0 aromatic heterocycles. The van der Waals surface area contributed by atoms with Crippen LogP contribution in [0.2, 0.25) is 0 Å². The Morgan fingerprint density at radius 2 is 1.95 bits per heavy atom. The number of aliphatic hydroxyl groups excluding tert-OH is 1. The van der Waals surface area contributed by atoms with Crippen molar-refractivity contribution in [2.24, 2.45) is 17.1 Å². The molecule has 1 aliphatic heterocycles. The lowest BCUT2D eigenvalue weighted by molar-refractivity contribution is -0.144. The fourth-order valence-corrected chi connectivity index (χ4v) is 3.69. The van der Waals surface area contributed by atoms with Crippen molar-refractivity contribution >= 4 is 5.91 Å². The molecule has 2 aliphatic rings. The van der Waals surface area contributed by atoms with Gasteiger partial charge in [0.25, 0.3) is 0 Å². The van der Waals surface area contributed by atoms with Gasteiger partial charge in [0.05, 0.1) is 12.0 Å². The molecular weight excluding hydrogens is 266 g/mol. The Morgan fingerprint density at radius 3 is 2.57 bits per heavy atom. The number of carbonyl (C=O) groups excluding carboxylic acids is 1. The zero-order valence-electron chi connectivity index (χ0n) is 13.4. The molecule has 0 unspecified atom stereocenters. The van der Waals surface area contributed by atoms with Crippen LogP contribution in [-0.4, -0.2) is 66.7 Å². The number of hydrogen-bond acceptors (Lipinski definition) is 4. The van der Waals surface area contributed by atoms with Crippen LogP contribution in [0.4, 0.5) is 0 Å². The van der Waals surface area contributed by atoms with Crippen molar-refractivity contribution in [3.63, 3.8) is 0 Å². The number of aliphatic hydroxyl groups is 1. The average molecular weight is 297 g/mol. The van der Waals surface area contributed by atoms with Gasteiger partial charge in [0.2, 0.25) is 5.91 Å². The molecule has 0 bridgehead atoms. The fraction of sp³-hybridized carbons (Fsp3) is 0.938. The van der Waals surface area contributed by atoms with Crippen LogP contribution in [0.3, 0.4) is 0 Å². The molecule has 0 aromatic rings. The lowest BCUT2D eigenvalue weighted by Crippen LogP contribution is -2.50. The third kappa shape index (κ3) is 3.96. The summed E-state index contributed by atoms with van der Waals surface area (Å²) in [5, 5.41) is 9.05. The van der Waals surface area contributed by atoms with Crippen molar-refractivity contribution in [3.05, 3.63) is 0 Å². The van der Waals surface area contributed by atoms with Gasteiger partial charge in [0.1, 0.15) is 0 Å². The second kappa shape index (κ2) is 7.56. The smallest absolute Gasteiger partial charge is 0.230 e. The zero-order valence-corrected chi connectivity index (χ0v) is 13.4. The van der Waals surface area contributed by atoms with E-state index >= 15 is 0 Å². The average Bonchev–Trinajstić information content (AvgIpc) is 2.74. The minimum absolute atomic E-state index is 0.193. The van der Waals surface area contributed by atoms with E-state index in [-0.39, 0.29) is 17.9 Å². The highest BCUT2D eigenvalue weighted by molar-refractivity contribution is 5.83. The quantitative estimate of drug-likeness (QED) is 0.800. The lowest BCUT2D eigenvalue weighted by Gasteiger charge is -2.40. The molecule has 122 valence electrons. The van der Waals surface area contributed by atoms with Crippen LogP contribution in [0, 0.1) is 11.3 Å². The molecule has 2 fully saturated rings. The van der Waals surface area contributed by atoms with E-state index in [0.29, 0.717) is 13.1 Å². The highest BCUT2D eigenvalue weighted by Crippen LogP contribution is 2.39. The minimum atomic E-state index is -0.307. The number of nitrogens with zero attached hydrogens (tertiary/aromatic N) is 2. The molecule has 5 heteroatoms. The van der Waals surface area contributed by atoms with Crippen LogP contribution in [0.25, 0.3) is 0 Å². The van der Waals surface area contributed by atoms with Crippen LogP contribution >= 0.6 is 0 Å². The van der Waals surface area contributed by atoms with Crippen LogP contribution in [0.5, 0.6) is 0 Å². The van der Waals surface area contributed by atoms with Crippen LogP contribution in [0.1, 0.15) is 39.0 Å². The van der Waals surface area contributed by atoms with Crippen molar-refractivity contribution in [2.75, 3.05) is 45.9 Å². The van der Waals surface area contributed by atoms with Crippen molar-refractivity contribution in [1.29, 1.82) is 0 Å². The number of rotatable bonds is 4. The van der Waals surface area contributed by atoms with E-state index in [1.165, 1.54) is 0 Å². The summed E-state index contributed by atoms with van der Waals surface area (Å²) >= 11 is 0. The number of carbonyl (C=O) groups is 1. The molecule has 1 heterocycles. The van der Waals surface area contributed by atoms with E-state index in [1.807, 2.05) is 4.90 Å². The van der Waals surface area contributed by atoms with Crippen molar-refractivity contribution in [3.8, 4) is 0 Å². The number of β-amino-alcohol motifs (C(OH)–C–C–N with tert-alkyl or cyclic N) is 1. The maximum absolute atomic E-state index is 13.0. The first kappa shape index (κ1) is 16.7. The summed E-state index contributed by atoms with van der Waals surface area (Å²) in [5.74, 6) is 1.00. The third-order valence-corrected chi connectivity index (χ3v) is 5.37. The third-order valence-electron chi connectivity index (χ3n) is 5.37. The topological polar surface area (TPSA) is 69.8 Å². The SMILES string of the molecule is CC1CCC(CN)(C(=O)N2CCCN(CCO)CC2)CC1. The molecule has 1 saturated heterocycles. The monoisotopic (exact) mass is 297 g/mol.